The fourth-order valence-electron chi connectivity index (χ4n) is 1.94. The molecule has 1 aliphatic rings. The average Bonchev–Trinajstić information content (AvgIpc) is 3.15. The quantitative estimate of drug-likeness (QED) is 0.847. The van der Waals surface area contributed by atoms with Gasteiger partial charge >= 0.3 is 0 Å². The first-order valence-corrected chi connectivity index (χ1v) is 6.61. The third kappa shape index (κ3) is 2.73. The number of hydrogen-bond acceptors (Lipinski definition) is 5. The molecule has 6 heteroatoms. The Balaban J connectivity index is 1.86. The second-order valence-corrected chi connectivity index (χ2v) is 4.56. The number of rotatable bonds is 6. The van der Waals surface area contributed by atoms with Crippen LogP contribution >= 0.6 is 0 Å². The van der Waals surface area contributed by atoms with Gasteiger partial charge < -0.3 is 10.1 Å². The van der Waals surface area contributed by atoms with Crippen LogP contribution in [0.2, 0.25) is 0 Å². The van der Waals surface area contributed by atoms with Gasteiger partial charge in [0.05, 0.1) is 13.2 Å². The molecule has 2 aromatic rings. The lowest BCUT2D eigenvalue weighted by atomic mass is 10.3. The molecule has 0 spiro atoms. The third-order valence-corrected chi connectivity index (χ3v) is 3.05. The summed E-state index contributed by atoms with van der Waals surface area (Å²) < 4.78 is 7.35. The molecule has 0 atom stereocenters. The van der Waals surface area contributed by atoms with Crippen LogP contribution < -0.4 is 10.1 Å². The number of hydrogen-bond donors (Lipinski definition) is 1. The topological polar surface area (TPSA) is 64.9 Å². The van der Waals surface area contributed by atoms with Crippen LogP contribution in [-0.2, 0) is 6.54 Å². The van der Waals surface area contributed by atoms with Gasteiger partial charge in [0, 0.05) is 6.04 Å². The van der Waals surface area contributed by atoms with Crippen molar-refractivity contribution in [3.63, 3.8) is 0 Å². The van der Waals surface area contributed by atoms with Crippen molar-refractivity contribution in [2.24, 2.45) is 0 Å². The fraction of sp³-hybridized carbons (Fsp3) is 0.462. The molecule has 0 aliphatic heterocycles. The van der Waals surface area contributed by atoms with Crippen molar-refractivity contribution >= 4 is 0 Å². The lowest BCUT2D eigenvalue weighted by Crippen LogP contribution is -2.19. The van der Waals surface area contributed by atoms with E-state index in [1.54, 1.807) is 4.68 Å². The predicted molar refractivity (Wildman–Crippen MR) is 70.2 cm³/mol. The second kappa shape index (κ2) is 5.36. The number of benzene rings is 1. The van der Waals surface area contributed by atoms with Gasteiger partial charge in [0.25, 0.3) is 0 Å². The van der Waals surface area contributed by atoms with Crippen LogP contribution in [-0.4, -0.2) is 32.9 Å². The minimum absolute atomic E-state index is 0.620. The van der Waals surface area contributed by atoms with Crippen LogP contribution in [0, 0.1) is 0 Å². The van der Waals surface area contributed by atoms with Crippen molar-refractivity contribution < 1.29 is 4.74 Å². The summed E-state index contributed by atoms with van der Waals surface area (Å²) in [5.41, 5.74) is 0.877. The zero-order valence-corrected chi connectivity index (χ0v) is 10.9. The van der Waals surface area contributed by atoms with Gasteiger partial charge in [-0.2, -0.15) is 4.68 Å². The van der Waals surface area contributed by atoms with E-state index in [1.807, 2.05) is 31.2 Å². The highest BCUT2D eigenvalue weighted by atomic mass is 16.5. The zero-order chi connectivity index (χ0) is 13.1. The summed E-state index contributed by atoms with van der Waals surface area (Å²) in [5.74, 6) is 1.60. The molecule has 1 heterocycles. The number of nitrogens with zero attached hydrogens (tertiary/aromatic N) is 4. The molecule has 0 unspecified atom stereocenters. The number of tetrazole rings is 1. The maximum absolute atomic E-state index is 5.62. The van der Waals surface area contributed by atoms with E-state index in [4.69, 9.17) is 4.74 Å². The molecule has 1 aromatic heterocycles. The van der Waals surface area contributed by atoms with Crippen molar-refractivity contribution in [1.82, 2.24) is 25.5 Å². The van der Waals surface area contributed by atoms with E-state index in [0.29, 0.717) is 19.2 Å². The van der Waals surface area contributed by atoms with Gasteiger partial charge in [0.15, 0.2) is 5.82 Å². The largest absolute Gasteiger partial charge is 0.492 e. The lowest BCUT2D eigenvalue weighted by molar-refractivity contribution is 0.338. The molecule has 19 heavy (non-hydrogen) atoms. The minimum Gasteiger partial charge on any atom is -0.492 e. The third-order valence-electron chi connectivity index (χ3n) is 3.05. The van der Waals surface area contributed by atoms with Gasteiger partial charge in [-0.05, 0) is 42.3 Å². The van der Waals surface area contributed by atoms with E-state index in [0.717, 1.165) is 17.3 Å². The van der Waals surface area contributed by atoms with Crippen molar-refractivity contribution in [2.45, 2.75) is 32.4 Å². The first-order valence-electron chi connectivity index (χ1n) is 6.61. The van der Waals surface area contributed by atoms with E-state index >= 15 is 0 Å². The summed E-state index contributed by atoms with van der Waals surface area (Å²) in [6, 6.07) is 8.42. The Morgan fingerprint density at radius 1 is 1.37 bits per heavy atom. The predicted octanol–water partition coefficient (Wildman–Crippen LogP) is 1.31. The summed E-state index contributed by atoms with van der Waals surface area (Å²) in [5, 5.41) is 15.3. The first kappa shape index (κ1) is 12.1. The second-order valence-electron chi connectivity index (χ2n) is 4.56. The standard InChI is InChI=1S/C13H17N5O/c1-2-19-12-6-4-3-5-11(12)18-13(15-16-17-18)9-14-10-7-8-10/h3-6,10,14H,2,7-9H2,1H3. The molecular formula is C13H17N5O. The Morgan fingerprint density at radius 2 is 2.21 bits per heavy atom. The normalized spacial score (nSPS) is 14.6. The molecule has 1 fully saturated rings. The van der Waals surface area contributed by atoms with E-state index in [2.05, 4.69) is 20.8 Å². The maximum Gasteiger partial charge on any atom is 0.170 e. The highest BCUT2D eigenvalue weighted by Crippen LogP contribution is 2.23. The average molecular weight is 259 g/mol. The molecule has 3 rings (SSSR count). The maximum atomic E-state index is 5.62. The number of nitrogens with one attached hydrogen (secondary N) is 1. The number of para-hydroxylation sites is 2. The van der Waals surface area contributed by atoms with Crippen molar-refractivity contribution in [2.75, 3.05) is 6.61 Å². The highest BCUT2D eigenvalue weighted by Gasteiger charge is 2.21. The Labute approximate surface area is 111 Å². The first-order chi connectivity index (χ1) is 9.38. The molecule has 100 valence electrons. The fourth-order valence-corrected chi connectivity index (χ4v) is 1.94. The van der Waals surface area contributed by atoms with E-state index < -0.39 is 0 Å². The van der Waals surface area contributed by atoms with Gasteiger partial charge in [-0.15, -0.1) is 5.10 Å². The molecule has 1 aliphatic carbocycles. The van der Waals surface area contributed by atoms with Crippen LogP contribution in [0.5, 0.6) is 5.75 Å². The van der Waals surface area contributed by atoms with Gasteiger partial charge in [-0.1, -0.05) is 12.1 Å². The summed E-state index contributed by atoms with van der Waals surface area (Å²) in [6.07, 6.45) is 2.49. The molecule has 1 N–H and O–H groups in total. The van der Waals surface area contributed by atoms with Gasteiger partial charge in [0.2, 0.25) is 0 Å². The SMILES string of the molecule is CCOc1ccccc1-n1nnnc1CNC1CC1. The number of ether oxygens (including phenoxy) is 1. The van der Waals surface area contributed by atoms with Gasteiger partial charge in [-0.25, -0.2) is 0 Å². The molecule has 0 amide bonds. The molecule has 6 nitrogen and oxygen atoms in total. The summed E-state index contributed by atoms with van der Waals surface area (Å²) >= 11 is 0. The Kier molecular flexibility index (Phi) is 3.41. The molecule has 1 saturated carbocycles. The molecule has 0 radical (unpaired) electrons. The van der Waals surface area contributed by atoms with E-state index in [-0.39, 0.29) is 0 Å². The van der Waals surface area contributed by atoms with Crippen molar-refractivity contribution in [1.29, 1.82) is 0 Å². The van der Waals surface area contributed by atoms with Crippen LogP contribution in [0.4, 0.5) is 0 Å². The molecule has 0 bridgehead atoms. The Morgan fingerprint density at radius 3 is 3.00 bits per heavy atom. The Bertz CT molecular complexity index is 549. The minimum atomic E-state index is 0.620. The van der Waals surface area contributed by atoms with Crippen LogP contribution in [0.15, 0.2) is 24.3 Å². The van der Waals surface area contributed by atoms with E-state index in [1.165, 1.54) is 12.8 Å². The van der Waals surface area contributed by atoms with E-state index in [9.17, 15) is 0 Å². The number of aromatic nitrogens is 4. The van der Waals surface area contributed by atoms with Crippen LogP contribution in [0.1, 0.15) is 25.6 Å². The summed E-state index contributed by atoms with van der Waals surface area (Å²) in [4.78, 5) is 0. The molecular weight excluding hydrogens is 242 g/mol. The summed E-state index contributed by atoms with van der Waals surface area (Å²) in [6.45, 7) is 3.26. The van der Waals surface area contributed by atoms with Crippen LogP contribution in [0.3, 0.4) is 0 Å². The molecule has 1 aromatic carbocycles. The summed E-state index contributed by atoms with van der Waals surface area (Å²) in [7, 11) is 0. The highest BCUT2D eigenvalue weighted by molar-refractivity contribution is 5.46. The monoisotopic (exact) mass is 259 g/mol. The Hall–Kier alpha value is -1.95. The van der Waals surface area contributed by atoms with Crippen molar-refractivity contribution in [3.05, 3.63) is 30.1 Å². The molecule has 0 saturated heterocycles. The van der Waals surface area contributed by atoms with Gasteiger partial charge in [0.1, 0.15) is 11.4 Å². The zero-order valence-electron chi connectivity index (χ0n) is 10.9. The smallest absolute Gasteiger partial charge is 0.170 e. The van der Waals surface area contributed by atoms with Gasteiger partial charge in [-0.3, -0.25) is 0 Å². The van der Waals surface area contributed by atoms with Crippen LogP contribution in [0.25, 0.3) is 5.69 Å². The van der Waals surface area contributed by atoms with Crippen molar-refractivity contribution in [3.8, 4) is 11.4 Å². The lowest BCUT2D eigenvalue weighted by Gasteiger charge is -2.10.